The first-order valence-corrected chi connectivity index (χ1v) is 8.46. The number of hydrogen-bond acceptors (Lipinski definition) is 4. The van der Waals surface area contributed by atoms with Crippen LogP contribution in [-0.2, 0) is 0 Å². The first-order valence-electron chi connectivity index (χ1n) is 8.46. The number of nitriles is 1. The smallest absolute Gasteiger partial charge is 0.135 e. The van der Waals surface area contributed by atoms with Crippen LogP contribution < -0.4 is 0 Å². The van der Waals surface area contributed by atoms with Crippen molar-refractivity contribution in [2.45, 2.75) is 18.6 Å². The second kappa shape index (κ2) is 5.58. The number of imidazole rings is 1. The lowest BCUT2D eigenvalue weighted by atomic mass is 9.93. The zero-order chi connectivity index (χ0) is 17.7. The molecule has 2 atom stereocenters. The normalized spacial score (nSPS) is 16.2. The van der Waals surface area contributed by atoms with Gasteiger partial charge in [0.25, 0.3) is 0 Å². The average molecular weight is 341 g/mol. The van der Waals surface area contributed by atoms with Gasteiger partial charge in [-0.1, -0.05) is 24.3 Å². The number of hydrogen-bond donors (Lipinski definition) is 1. The van der Waals surface area contributed by atoms with Gasteiger partial charge in [-0.15, -0.1) is 0 Å². The van der Waals surface area contributed by atoms with Crippen LogP contribution in [0.2, 0.25) is 0 Å². The SMILES string of the molecule is N#Cc1cc2occc2cc1C(O)CC1c2ccccc2-c2cncn21. The maximum atomic E-state index is 11.0. The minimum atomic E-state index is -0.768. The van der Waals surface area contributed by atoms with E-state index in [1.54, 1.807) is 18.7 Å². The Kier molecular flexibility index (Phi) is 3.21. The Labute approximate surface area is 149 Å². The lowest BCUT2D eigenvalue weighted by Crippen LogP contribution is -2.11. The summed E-state index contributed by atoms with van der Waals surface area (Å²) in [5.74, 6) is 0. The summed E-state index contributed by atoms with van der Waals surface area (Å²) >= 11 is 0. The van der Waals surface area contributed by atoms with Crippen molar-refractivity contribution in [3.05, 3.63) is 77.9 Å². The van der Waals surface area contributed by atoms with E-state index < -0.39 is 6.10 Å². The summed E-state index contributed by atoms with van der Waals surface area (Å²) in [4.78, 5) is 4.26. The predicted molar refractivity (Wildman–Crippen MR) is 96.3 cm³/mol. The van der Waals surface area contributed by atoms with E-state index in [-0.39, 0.29) is 6.04 Å². The fourth-order valence-electron chi connectivity index (χ4n) is 3.91. The van der Waals surface area contributed by atoms with Crippen molar-refractivity contribution in [1.82, 2.24) is 9.55 Å². The van der Waals surface area contributed by atoms with Crippen molar-refractivity contribution >= 4 is 11.0 Å². The second-order valence-electron chi connectivity index (χ2n) is 6.55. The molecule has 0 radical (unpaired) electrons. The third-order valence-electron chi connectivity index (χ3n) is 5.15. The van der Waals surface area contributed by atoms with E-state index in [1.165, 1.54) is 5.56 Å². The van der Waals surface area contributed by atoms with Crippen molar-refractivity contribution in [3.8, 4) is 17.3 Å². The first kappa shape index (κ1) is 14.9. The van der Waals surface area contributed by atoms with Gasteiger partial charge in [0.1, 0.15) is 5.58 Å². The number of rotatable bonds is 3. The van der Waals surface area contributed by atoms with E-state index in [2.05, 4.69) is 27.8 Å². The minimum absolute atomic E-state index is 0.00899. The molecule has 3 heterocycles. The number of aliphatic hydroxyl groups is 1. The van der Waals surface area contributed by atoms with Gasteiger partial charge >= 0.3 is 0 Å². The van der Waals surface area contributed by atoms with E-state index in [9.17, 15) is 10.4 Å². The van der Waals surface area contributed by atoms with Crippen LogP contribution in [0.4, 0.5) is 0 Å². The van der Waals surface area contributed by atoms with Gasteiger partial charge in [0, 0.05) is 17.4 Å². The lowest BCUT2D eigenvalue weighted by Gasteiger charge is -2.20. The van der Waals surface area contributed by atoms with Gasteiger partial charge in [0.15, 0.2) is 0 Å². The monoisotopic (exact) mass is 341 g/mol. The highest BCUT2D eigenvalue weighted by Crippen LogP contribution is 2.43. The number of furan rings is 1. The van der Waals surface area contributed by atoms with Crippen LogP contribution in [0.25, 0.3) is 22.2 Å². The standard InChI is InChI=1S/C21H15N3O2/c22-10-14-8-21-13(5-6-26-21)7-17(14)20(25)9-18-15-3-1-2-4-16(15)19-11-23-12-24(18)19/h1-8,11-12,18,20,25H,9H2. The van der Waals surface area contributed by atoms with Crippen LogP contribution in [0, 0.1) is 11.3 Å². The maximum absolute atomic E-state index is 11.0. The van der Waals surface area contributed by atoms with Gasteiger partial charge < -0.3 is 14.1 Å². The molecule has 5 nitrogen and oxygen atoms in total. The molecule has 2 aromatic carbocycles. The molecular formula is C21H15N3O2. The maximum Gasteiger partial charge on any atom is 0.135 e. The zero-order valence-electron chi connectivity index (χ0n) is 13.8. The quantitative estimate of drug-likeness (QED) is 0.606. The Hall–Kier alpha value is -3.36. The lowest BCUT2D eigenvalue weighted by molar-refractivity contribution is 0.153. The Morgan fingerprint density at radius 3 is 3.04 bits per heavy atom. The number of fused-ring (bicyclic) bond motifs is 4. The minimum Gasteiger partial charge on any atom is -0.464 e. The molecule has 1 N–H and O–H groups in total. The number of aliphatic hydroxyl groups excluding tert-OH is 1. The van der Waals surface area contributed by atoms with Crippen molar-refractivity contribution in [2.75, 3.05) is 0 Å². The van der Waals surface area contributed by atoms with Gasteiger partial charge in [0.05, 0.1) is 48.3 Å². The summed E-state index contributed by atoms with van der Waals surface area (Å²) in [5, 5.41) is 21.3. The van der Waals surface area contributed by atoms with E-state index in [1.807, 2.05) is 30.5 Å². The van der Waals surface area contributed by atoms with Crippen molar-refractivity contribution in [1.29, 1.82) is 5.26 Å². The summed E-state index contributed by atoms with van der Waals surface area (Å²) in [6.45, 7) is 0. The molecule has 2 aromatic heterocycles. The highest BCUT2D eigenvalue weighted by molar-refractivity contribution is 5.80. The molecule has 4 aromatic rings. The second-order valence-corrected chi connectivity index (χ2v) is 6.55. The predicted octanol–water partition coefficient (Wildman–Crippen LogP) is 4.19. The Balaban J connectivity index is 1.56. The van der Waals surface area contributed by atoms with Gasteiger partial charge in [-0.2, -0.15) is 5.26 Å². The third kappa shape index (κ3) is 2.10. The van der Waals surface area contributed by atoms with Gasteiger partial charge in [0.2, 0.25) is 0 Å². The fraction of sp³-hybridized carbons (Fsp3) is 0.143. The van der Waals surface area contributed by atoms with Gasteiger partial charge in [-0.05, 0) is 29.3 Å². The van der Waals surface area contributed by atoms with E-state index >= 15 is 0 Å². The molecule has 0 bridgehead atoms. The molecule has 126 valence electrons. The van der Waals surface area contributed by atoms with Crippen LogP contribution in [-0.4, -0.2) is 14.7 Å². The molecular weight excluding hydrogens is 326 g/mol. The molecule has 0 saturated heterocycles. The summed E-state index contributed by atoms with van der Waals surface area (Å²) < 4.78 is 7.46. The topological polar surface area (TPSA) is 75.0 Å². The van der Waals surface area contributed by atoms with Crippen LogP contribution >= 0.6 is 0 Å². The molecule has 0 fully saturated rings. The van der Waals surface area contributed by atoms with E-state index in [4.69, 9.17) is 4.42 Å². The van der Waals surface area contributed by atoms with Crippen LogP contribution in [0.15, 0.2) is 65.7 Å². The Bertz CT molecular complexity index is 1170. The molecule has 0 aliphatic carbocycles. The highest BCUT2D eigenvalue weighted by atomic mass is 16.3. The Morgan fingerprint density at radius 2 is 2.15 bits per heavy atom. The summed E-state index contributed by atoms with van der Waals surface area (Å²) in [5.41, 5.74) is 5.11. The van der Waals surface area contributed by atoms with Crippen molar-refractivity contribution in [3.63, 3.8) is 0 Å². The Morgan fingerprint density at radius 1 is 1.27 bits per heavy atom. The largest absolute Gasteiger partial charge is 0.464 e. The van der Waals surface area contributed by atoms with Gasteiger partial charge in [-0.3, -0.25) is 0 Å². The molecule has 0 spiro atoms. The van der Waals surface area contributed by atoms with Crippen LogP contribution in [0.3, 0.4) is 0 Å². The van der Waals surface area contributed by atoms with Gasteiger partial charge in [-0.25, -0.2) is 4.98 Å². The molecule has 0 amide bonds. The molecule has 5 rings (SSSR count). The van der Waals surface area contributed by atoms with Crippen molar-refractivity contribution < 1.29 is 9.52 Å². The number of nitrogens with zero attached hydrogens (tertiary/aromatic N) is 3. The zero-order valence-corrected chi connectivity index (χ0v) is 13.8. The fourth-order valence-corrected chi connectivity index (χ4v) is 3.91. The van der Waals surface area contributed by atoms with E-state index in [0.29, 0.717) is 23.1 Å². The first-order chi connectivity index (χ1) is 12.8. The van der Waals surface area contributed by atoms with Crippen LogP contribution in [0.5, 0.6) is 0 Å². The molecule has 1 aliphatic heterocycles. The molecule has 2 unspecified atom stereocenters. The van der Waals surface area contributed by atoms with Crippen LogP contribution in [0.1, 0.15) is 35.3 Å². The number of benzene rings is 2. The molecule has 1 aliphatic rings. The average Bonchev–Trinajstić information content (AvgIpc) is 3.37. The third-order valence-corrected chi connectivity index (χ3v) is 5.15. The molecule has 26 heavy (non-hydrogen) atoms. The highest BCUT2D eigenvalue weighted by Gasteiger charge is 2.30. The number of aromatic nitrogens is 2. The molecule has 0 saturated carbocycles. The summed E-state index contributed by atoms with van der Waals surface area (Å²) in [6, 6.07) is 15.7. The van der Waals surface area contributed by atoms with Crippen molar-refractivity contribution in [2.24, 2.45) is 0 Å². The summed E-state index contributed by atoms with van der Waals surface area (Å²) in [7, 11) is 0. The van der Waals surface area contributed by atoms with E-state index in [0.717, 1.165) is 16.6 Å². The molecule has 5 heteroatoms. The summed E-state index contributed by atoms with van der Waals surface area (Å²) in [6.07, 6.45) is 4.95.